The van der Waals surface area contributed by atoms with Gasteiger partial charge in [0, 0.05) is 25.1 Å². The van der Waals surface area contributed by atoms with Crippen LogP contribution in [-0.4, -0.2) is 90.3 Å². The number of hydrogen-bond donors (Lipinski definition) is 2. The molecule has 0 radical (unpaired) electrons. The third-order valence-electron chi connectivity index (χ3n) is 11.7. The Kier molecular flexibility index (Phi) is 8.83. The number of fused-ring (bicyclic) bond motifs is 3. The Morgan fingerprint density at radius 1 is 1.13 bits per heavy atom. The molecule has 10 nitrogen and oxygen atoms in total. The molecular weight excluding hydrogens is 600 g/mol. The number of benzene rings is 1. The summed E-state index contributed by atoms with van der Waals surface area (Å²) in [4.78, 5) is 42.0. The van der Waals surface area contributed by atoms with Crippen LogP contribution in [0.1, 0.15) is 88.1 Å². The largest absolute Gasteiger partial charge is 0.456 e. The maximum atomic E-state index is 13.9. The molecule has 10 heteroatoms. The Bertz CT molecular complexity index is 1470. The second-order valence-corrected chi connectivity index (χ2v) is 15.1. The van der Waals surface area contributed by atoms with Crippen molar-refractivity contribution in [2.24, 2.45) is 17.3 Å². The van der Waals surface area contributed by atoms with Gasteiger partial charge in [0.2, 0.25) is 11.8 Å². The number of amides is 2. The monoisotopic (exact) mass is 648 g/mol. The molecule has 0 bridgehead atoms. The molecule has 5 fully saturated rings. The lowest BCUT2D eigenvalue weighted by Crippen LogP contribution is -2.49. The number of allylic oxidation sites excluding steroid dienone is 1. The van der Waals surface area contributed by atoms with Gasteiger partial charge in [-0.1, -0.05) is 43.7 Å². The van der Waals surface area contributed by atoms with Crippen LogP contribution in [0.5, 0.6) is 0 Å². The van der Waals surface area contributed by atoms with Crippen LogP contribution in [0.15, 0.2) is 41.5 Å². The molecule has 1 aromatic rings. The number of carbonyl (C=O) groups is 3. The maximum absolute atomic E-state index is 13.9. The highest BCUT2D eigenvalue weighted by atomic mass is 16.7. The number of carbonyl (C=O) groups excluding carboxylic acids is 3. The number of aliphatic hydroxyl groups is 1. The number of ether oxygens (including phenoxy) is 4. The molecule has 0 spiro atoms. The predicted molar refractivity (Wildman–Crippen MR) is 173 cm³/mol. The number of hydrogen-bond acceptors (Lipinski definition) is 8. The second-order valence-electron chi connectivity index (χ2n) is 15.1. The van der Waals surface area contributed by atoms with Crippen LogP contribution >= 0.6 is 0 Å². The van der Waals surface area contributed by atoms with Gasteiger partial charge >= 0.3 is 5.97 Å². The molecule has 3 heterocycles. The minimum absolute atomic E-state index is 0.00790. The van der Waals surface area contributed by atoms with Gasteiger partial charge in [-0.15, -0.1) is 0 Å². The summed E-state index contributed by atoms with van der Waals surface area (Å²) in [5, 5.41) is 11.8. The quantitative estimate of drug-likeness (QED) is 0.334. The van der Waals surface area contributed by atoms with Crippen LogP contribution in [0.25, 0.3) is 6.08 Å². The fourth-order valence-electron chi connectivity index (χ4n) is 8.89. The molecule has 2 saturated carbocycles. The average molecular weight is 649 g/mol. The molecule has 3 aliphatic carbocycles. The minimum atomic E-state index is -0.727. The lowest BCUT2D eigenvalue weighted by molar-refractivity contribution is -0.136. The van der Waals surface area contributed by atoms with Crippen molar-refractivity contribution in [3.05, 3.63) is 52.6 Å². The Morgan fingerprint density at radius 3 is 2.77 bits per heavy atom. The van der Waals surface area contributed by atoms with E-state index in [2.05, 4.69) is 32.2 Å². The fraction of sp³-hybridized carbons (Fsp3) is 0.649. The highest BCUT2D eigenvalue weighted by Crippen LogP contribution is 2.59. The highest BCUT2D eigenvalue weighted by molar-refractivity contribution is 5.98. The Morgan fingerprint density at radius 2 is 1.96 bits per heavy atom. The van der Waals surface area contributed by atoms with Gasteiger partial charge in [0.1, 0.15) is 31.1 Å². The van der Waals surface area contributed by atoms with E-state index >= 15 is 0 Å². The van der Waals surface area contributed by atoms with Crippen LogP contribution in [0.4, 0.5) is 0 Å². The van der Waals surface area contributed by atoms with Crippen molar-refractivity contribution in [3.8, 4) is 0 Å². The van der Waals surface area contributed by atoms with Crippen LogP contribution in [0, 0.1) is 17.3 Å². The fourth-order valence-corrected chi connectivity index (χ4v) is 8.89. The van der Waals surface area contributed by atoms with Gasteiger partial charge in [-0.05, 0) is 86.8 Å². The number of likely N-dealkylation sites (tertiary alicyclic amines) is 1. The minimum Gasteiger partial charge on any atom is -0.456 e. The topological polar surface area (TPSA) is 127 Å². The number of epoxide rings is 1. The molecule has 3 aliphatic heterocycles. The summed E-state index contributed by atoms with van der Waals surface area (Å²) < 4.78 is 23.9. The van der Waals surface area contributed by atoms with Gasteiger partial charge in [0.15, 0.2) is 0 Å². The lowest BCUT2D eigenvalue weighted by Gasteiger charge is -2.53. The predicted octanol–water partition coefficient (Wildman–Crippen LogP) is 4.16. The van der Waals surface area contributed by atoms with Gasteiger partial charge in [0.25, 0.3) is 0 Å². The second kappa shape index (κ2) is 12.8. The van der Waals surface area contributed by atoms with Crippen molar-refractivity contribution in [2.45, 2.75) is 108 Å². The molecule has 7 rings (SSSR count). The first kappa shape index (κ1) is 32.5. The summed E-state index contributed by atoms with van der Waals surface area (Å²) in [5.41, 5.74) is 3.46. The molecule has 2 amide bonds. The summed E-state index contributed by atoms with van der Waals surface area (Å²) in [7, 11) is 0. The zero-order valence-corrected chi connectivity index (χ0v) is 27.7. The van der Waals surface area contributed by atoms with E-state index in [0.29, 0.717) is 48.5 Å². The zero-order valence-electron chi connectivity index (χ0n) is 27.7. The normalized spacial score (nSPS) is 36.4. The third-order valence-corrected chi connectivity index (χ3v) is 11.7. The van der Waals surface area contributed by atoms with E-state index in [-0.39, 0.29) is 49.2 Å². The molecule has 254 valence electrons. The molecule has 6 aliphatic rings. The summed E-state index contributed by atoms with van der Waals surface area (Å²) in [6, 6.07) is 6.99. The molecule has 8 atom stereocenters. The van der Waals surface area contributed by atoms with Crippen LogP contribution in [0.3, 0.4) is 0 Å². The van der Waals surface area contributed by atoms with Crippen molar-refractivity contribution in [1.29, 1.82) is 0 Å². The SMILES string of the molecule is CC1(C)C[C@@H]2C(=Cc3ccccc3C(=O)O[C@@H]3CC(C(=O)N4CCC[C@@H]4C(=O)NCCO)=C[C@H]4OCO[C@H]43)CCC3O[C@]3(C)CC[C@H]21. The first-order valence-electron chi connectivity index (χ1n) is 17.4. The van der Waals surface area contributed by atoms with E-state index in [1.54, 1.807) is 17.0 Å². The first-order chi connectivity index (χ1) is 22.6. The first-order valence-corrected chi connectivity index (χ1v) is 17.4. The number of nitrogens with zero attached hydrogens (tertiary/aromatic N) is 1. The molecule has 2 N–H and O–H groups in total. The van der Waals surface area contributed by atoms with E-state index in [4.69, 9.17) is 24.1 Å². The summed E-state index contributed by atoms with van der Waals surface area (Å²) >= 11 is 0. The Balaban J connectivity index is 1.09. The zero-order chi connectivity index (χ0) is 32.9. The van der Waals surface area contributed by atoms with Crippen molar-refractivity contribution in [3.63, 3.8) is 0 Å². The van der Waals surface area contributed by atoms with E-state index in [1.807, 2.05) is 18.2 Å². The number of esters is 1. The average Bonchev–Trinajstić information content (AvgIpc) is 3.41. The van der Waals surface area contributed by atoms with Crippen molar-refractivity contribution < 1.29 is 38.4 Å². The molecule has 1 unspecified atom stereocenters. The standard InChI is InChI=1S/C37H48N2O8/c1-36(2)20-26-23(10-11-31-37(3,47-31)13-12-27(26)36)17-22-7-4-5-8-25(22)35(43)46-30-19-24(18-29-32(30)45-21-44-29)34(42)39-15-6-9-28(39)33(41)38-14-16-40/h4-5,7-8,17-18,26-32,40H,6,9-16,19-21H2,1-3H3,(H,38,41)/t26-,27-,28-,29-,30-,31?,32-,37-/m1/s1. The van der Waals surface area contributed by atoms with E-state index < -0.39 is 30.3 Å². The van der Waals surface area contributed by atoms with Gasteiger partial charge in [0.05, 0.1) is 23.9 Å². The molecule has 0 aromatic heterocycles. The van der Waals surface area contributed by atoms with Crippen LogP contribution < -0.4 is 5.32 Å². The lowest BCUT2D eigenvalue weighted by atomic mass is 9.52. The van der Waals surface area contributed by atoms with Crippen LogP contribution in [0.2, 0.25) is 0 Å². The van der Waals surface area contributed by atoms with Crippen molar-refractivity contribution in [1.82, 2.24) is 10.2 Å². The number of aliphatic hydroxyl groups excluding tert-OH is 1. The van der Waals surface area contributed by atoms with Gasteiger partial charge in [-0.2, -0.15) is 0 Å². The number of nitrogens with one attached hydrogen (secondary N) is 1. The Hall–Kier alpha value is -3.05. The van der Waals surface area contributed by atoms with Crippen molar-refractivity contribution in [2.75, 3.05) is 26.5 Å². The maximum Gasteiger partial charge on any atom is 0.339 e. The van der Waals surface area contributed by atoms with E-state index in [1.165, 1.54) is 5.57 Å². The molecular formula is C37H48N2O8. The highest BCUT2D eigenvalue weighted by Gasteiger charge is 2.56. The summed E-state index contributed by atoms with van der Waals surface area (Å²) in [5.74, 6) is 0.0890. The van der Waals surface area contributed by atoms with Gasteiger partial charge in [-0.3, -0.25) is 9.59 Å². The summed E-state index contributed by atoms with van der Waals surface area (Å²) in [6.07, 6.45) is 9.25. The van der Waals surface area contributed by atoms with E-state index in [0.717, 1.165) is 37.7 Å². The van der Waals surface area contributed by atoms with Gasteiger partial charge < -0.3 is 34.3 Å². The van der Waals surface area contributed by atoms with Crippen LogP contribution in [-0.2, 0) is 28.5 Å². The number of rotatable bonds is 7. The van der Waals surface area contributed by atoms with Crippen molar-refractivity contribution >= 4 is 23.9 Å². The summed E-state index contributed by atoms with van der Waals surface area (Å²) in [6.45, 7) is 7.47. The molecule has 1 aromatic carbocycles. The molecule has 47 heavy (non-hydrogen) atoms. The van der Waals surface area contributed by atoms with Gasteiger partial charge in [-0.25, -0.2) is 4.79 Å². The smallest absolute Gasteiger partial charge is 0.339 e. The molecule has 3 saturated heterocycles. The Labute approximate surface area is 276 Å². The third kappa shape index (κ3) is 6.30. The van der Waals surface area contributed by atoms with E-state index in [9.17, 15) is 14.4 Å².